The zero-order valence-corrected chi connectivity index (χ0v) is 13.5. The van der Waals surface area contributed by atoms with Gasteiger partial charge < -0.3 is 14.3 Å². The Labute approximate surface area is 131 Å². The minimum absolute atomic E-state index is 0.313. The van der Waals surface area contributed by atoms with Gasteiger partial charge >= 0.3 is 0 Å². The molecule has 0 amide bonds. The van der Waals surface area contributed by atoms with Crippen LogP contribution in [0.5, 0.6) is 17.5 Å². The fraction of sp³-hybridized carbons (Fsp3) is 0.267. The molecule has 21 heavy (non-hydrogen) atoms. The van der Waals surface area contributed by atoms with E-state index in [-0.39, 0.29) is 4.83 Å². The lowest BCUT2D eigenvalue weighted by Gasteiger charge is -2.14. The van der Waals surface area contributed by atoms with Crippen molar-refractivity contribution in [1.29, 1.82) is 0 Å². The summed E-state index contributed by atoms with van der Waals surface area (Å²) in [7, 11) is 1.53. The highest BCUT2D eigenvalue weighted by molar-refractivity contribution is 9.09. The number of nitrogens with zero attached hydrogens (tertiary/aromatic N) is 2. The number of carbonyl (C=O) groups is 1. The quantitative estimate of drug-likeness (QED) is 0.609. The number of rotatable bonds is 5. The van der Waals surface area contributed by atoms with Crippen molar-refractivity contribution in [3.05, 3.63) is 41.2 Å². The van der Waals surface area contributed by atoms with Gasteiger partial charge in [-0.05, 0) is 42.7 Å². The van der Waals surface area contributed by atoms with Crippen LogP contribution in [0, 0.1) is 13.8 Å². The Bertz CT molecular complexity index is 621. The zero-order valence-electron chi connectivity index (χ0n) is 12.0. The molecule has 0 saturated carbocycles. The average Bonchev–Trinajstić information content (AvgIpc) is 2.47. The Morgan fingerprint density at radius 2 is 1.71 bits per heavy atom. The second-order valence-corrected chi connectivity index (χ2v) is 5.49. The first-order valence-electron chi connectivity index (χ1n) is 6.29. The third-order valence-corrected chi connectivity index (χ3v) is 3.67. The average molecular weight is 351 g/mol. The Kier molecular flexibility index (Phi) is 4.90. The van der Waals surface area contributed by atoms with Gasteiger partial charge in [0.15, 0.2) is 0 Å². The maximum Gasteiger partial charge on any atom is 0.238 e. The van der Waals surface area contributed by atoms with E-state index in [2.05, 4.69) is 25.9 Å². The van der Waals surface area contributed by atoms with Gasteiger partial charge in [0.1, 0.15) is 12.0 Å². The van der Waals surface area contributed by atoms with Gasteiger partial charge in [-0.15, -0.1) is 0 Å². The number of methoxy groups -OCH3 is 1. The summed E-state index contributed by atoms with van der Waals surface area (Å²) in [6.45, 7) is 3.87. The molecule has 1 aromatic carbocycles. The molecule has 2 aromatic rings. The highest BCUT2D eigenvalue weighted by Gasteiger charge is 2.14. The van der Waals surface area contributed by atoms with Crippen LogP contribution >= 0.6 is 15.9 Å². The van der Waals surface area contributed by atoms with Crippen LogP contribution in [0.2, 0.25) is 0 Å². The largest absolute Gasteiger partial charge is 0.480 e. The van der Waals surface area contributed by atoms with Crippen LogP contribution in [0.25, 0.3) is 0 Å². The van der Waals surface area contributed by atoms with E-state index < -0.39 is 0 Å². The predicted molar refractivity (Wildman–Crippen MR) is 82.3 cm³/mol. The first kappa shape index (κ1) is 15.4. The minimum Gasteiger partial charge on any atom is -0.480 e. The number of aromatic nitrogens is 2. The molecule has 0 bridgehead atoms. The second kappa shape index (κ2) is 6.67. The van der Waals surface area contributed by atoms with Crippen LogP contribution in [0.1, 0.15) is 21.5 Å². The molecule has 0 saturated heterocycles. The lowest BCUT2D eigenvalue weighted by atomic mass is 10.00. The molecule has 110 valence electrons. The van der Waals surface area contributed by atoms with Crippen molar-refractivity contribution in [2.75, 3.05) is 7.11 Å². The van der Waals surface area contributed by atoms with Gasteiger partial charge in [0.2, 0.25) is 11.8 Å². The van der Waals surface area contributed by atoms with Gasteiger partial charge in [-0.2, -0.15) is 0 Å². The lowest BCUT2D eigenvalue weighted by molar-refractivity contribution is -0.107. The molecule has 0 fully saturated rings. The molecular formula is C15H15BrN2O3. The van der Waals surface area contributed by atoms with Crippen LogP contribution < -0.4 is 9.47 Å². The zero-order chi connectivity index (χ0) is 15.4. The van der Waals surface area contributed by atoms with E-state index in [1.54, 1.807) is 0 Å². The molecule has 1 aromatic heterocycles. The van der Waals surface area contributed by atoms with E-state index in [0.717, 1.165) is 23.0 Å². The standard InChI is InChI=1S/C15H15BrN2O3/c1-9-4-11(5-10(2)15(9)12(16)8-19)21-14-7-17-13(20-3)6-18-14/h4-8,12H,1-3H3. The minimum atomic E-state index is -0.313. The number of aryl methyl sites for hydroxylation is 2. The lowest BCUT2D eigenvalue weighted by Crippen LogP contribution is -2.00. The van der Waals surface area contributed by atoms with E-state index in [1.165, 1.54) is 19.5 Å². The number of ether oxygens (including phenoxy) is 2. The van der Waals surface area contributed by atoms with Crippen molar-refractivity contribution in [1.82, 2.24) is 9.97 Å². The highest BCUT2D eigenvalue weighted by Crippen LogP contribution is 2.32. The number of aldehydes is 1. The maximum absolute atomic E-state index is 10.9. The summed E-state index contributed by atoms with van der Waals surface area (Å²) in [5, 5.41) is 0. The van der Waals surface area contributed by atoms with Crippen LogP contribution in [-0.2, 0) is 4.79 Å². The summed E-state index contributed by atoms with van der Waals surface area (Å²) in [5.74, 6) is 1.46. The van der Waals surface area contributed by atoms with E-state index in [9.17, 15) is 4.79 Å². The van der Waals surface area contributed by atoms with Gasteiger partial charge in [-0.3, -0.25) is 0 Å². The fourth-order valence-corrected chi connectivity index (χ4v) is 2.80. The molecule has 2 rings (SSSR count). The van der Waals surface area contributed by atoms with E-state index in [4.69, 9.17) is 9.47 Å². The summed E-state index contributed by atoms with van der Waals surface area (Å²) in [4.78, 5) is 18.8. The van der Waals surface area contributed by atoms with Gasteiger partial charge in [0.25, 0.3) is 0 Å². The number of hydrogen-bond acceptors (Lipinski definition) is 5. The maximum atomic E-state index is 10.9. The number of carbonyl (C=O) groups excluding carboxylic acids is 1. The highest BCUT2D eigenvalue weighted by atomic mass is 79.9. The van der Waals surface area contributed by atoms with Crippen molar-refractivity contribution >= 4 is 22.2 Å². The molecule has 0 spiro atoms. The van der Waals surface area contributed by atoms with Crippen molar-refractivity contribution in [3.8, 4) is 17.5 Å². The van der Waals surface area contributed by atoms with Crippen molar-refractivity contribution in [2.45, 2.75) is 18.7 Å². The van der Waals surface area contributed by atoms with Crippen LogP contribution in [0.4, 0.5) is 0 Å². The molecule has 0 aliphatic rings. The first-order chi connectivity index (χ1) is 10.0. The van der Waals surface area contributed by atoms with Crippen LogP contribution in [0.3, 0.4) is 0 Å². The normalized spacial score (nSPS) is 11.8. The van der Waals surface area contributed by atoms with Crippen LogP contribution in [0.15, 0.2) is 24.5 Å². The summed E-state index contributed by atoms with van der Waals surface area (Å²) in [5.41, 5.74) is 2.90. The predicted octanol–water partition coefficient (Wildman–Crippen LogP) is 3.53. The Hall–Kier alpha value is -1.95. The number of benzene rings is 1. The third-order valence-electron chi connectivity index (χ3n) is 3.00. The van der Waals surface area contributed by atoms with Crippen molar-refractivity contribution < 1.29 is 14.3 Å². The summed E-state index contributed by atoms with van der Waals surface area (Å²) in [6, 6.07) is 3.73. The molecule has 0 N–H and O–H groups in total. The Balaban J connectivity index is 2.26. The van der Waals surface area contributed by atoms with E-state index >= 15 is 0 Å². The first-order valence-corrected chi connectivity index (χ1v) is 7.21. The van der Waals surface area contributed by atoms with Gasteiger partial charge in [-0.1, -0.05) is 15.9 Å². The summed E-state index contributed by atoms with van der Waals surface area (Å²) in [6.07, 6.45) is 3.85. The molecule has 0 radical (unpaired) electrons. The molecule has 1 atom stereocenters. The second-order valence-electron chi connectivity index (χ2n) is 4.51. The van der Waals surface area contributed by atoms with Gasteiger partial charge in [0.05, 0.1) is 24.3 Å². The van der Waals surface area contributed by atoms with Gasteiger partial charge in [-0.25, -0.2) is 9.97 Å². The van der Waals surface area contributed by atoms with E-state index in [1.807, 2.05) is 26.0 Å². The van der Waals surface area contributed by atoms with Crippen molar-refractivity contribution in [2.24, 2.45) is 0 Å². The summed E-state index contributed by atoms with van der Waals surface area (Å²) < 4.78 is 10.6. The number of hydrogen-bond donors (Lipinski definition) is 0. The molecular weight excluding hydrogens is 336 g/mol. The topological polar surface area (TPSA) is 61.3 Å². The molecule has 1 unspecified atom stereocenters. The molecule has 0 aliphatic carbocycles. The van der Waals surface area contributed by atoms with Crippen LogP contribution in [-0.4, -0.2) is 23.4 Å². The number of alkyl halides is 1. The van der Waals surface area contributed by atoms with E-state index in [0.29, 0.717) is 17.5 Å². The fourth-order valence-electron chi connectivity index (χ4n) is 2.08. The SMILES string of the molecule is COc1cnc(Oc2cc(C)c(C(Br)C=O)c(C)c2)cn1. The van der Waals surface area contributed by atoms with Crippen molar-refractivity contribution in [3.63, 3.8) is 0 Å². The third kappa shape index (κ3) is 3.58. The molecule has 0 aliphatic heterocycles. The monoisotopic (exact) mass is 350 g/mol. The number of halogens is 1. The Morgan fingerprint density at radius 3 is 2.19 bits per heavy atom. The smallest absolute Gasteiger partial charge is 0.238 e. The molecule has 5 nitrogen and oxygen atoms in total. The Morgan fingerprint density at radius 1 is 1.14 bits per heavy atom. The van der Waals surface area contributed by atoms with Gasteiger partial charge in [0, 0.05) is 0 Å². The summed E-state index contributed by atoms with van der Waals surface area (Å²) >= 11 is 3.35. The molecule has 1 heterocycles. The molecule has 6 heteroatoms.